The fourth-order valence-corrected chi connectivity index (χ4v) is 1.84. The van der Waals surface area contributed by atoms with E-state index in [9.17, 15) is 9.59 Å². The number of hydrogen-bond donors (Lipinski definition) is 1. The molecular formula is C12H15N3O2. The molecule has 0 saturated carbocycles. The molecule has 3 amide bonds. The van der Waals surface area contributed by atoms with Crippen molar-refractivity contribution in [3.63, 3.8) is 0 Å². The Bertz CT molecular complexity index is 471. The molecule has 2 N–H and O–H groups in total. The molecule has 1 aliphatic rings. The lowest BCUT2D eigenvalue weighted by Crippen LogP contribution is -2.36. The van der Waals surface area contributed by atoms with Gasteiger partial charge in [0.2, 0.25) is 0 Å². The van der Waals surface area contributed by atoms with Gasteiger partial charge in [0.1, 0.15) is 6.54 Å². The third-order valence-electron chi connectivity index (χ3n) is 2.74. The predicted molar refractivity (Wildman–Crippen MR) is 65.6 cm³/mol. The van der Waals surface area contributed by atoms with Gasteiger partial charge in [0.05, 0.1) is 5.69 Å². The lowest BCUT2D eigenvalue weighted by atomic mass is 10.2. The van der Waals surface area contributed by atoms with Crippen molar-refractivity contribution in [2.24, 2.45) is 0 Å². The summed E-state index contributed by atoms with van der Waals surface area (Å²) in [6.07, 6.45) is 0. The lowest BCUT2D eigenvalue weighted by Gasteiger charge is -2.20. The monoisotopic (exact) mass is 233 g/mol. The molecule has 0 spiro atoms. The van der Waals surface area contributed by atoms with E-state index in [1.165, 1.54) is 9.80 Å². The van der Waals surface area contributed by atoms with Crippen molar-refractivity contribution in [1.82, 2.24) is 4.90 Å². The Kier molecular flexibility index (Phi) is 2.75. The molecule has 2 rings (SSSR count). The van der Waals surface area contributed by atoms with E-state index in [0.29, 0.717) is 11.4 Å². The Morgan fingerprint density at radius 1 is 1.29 bits per heavy atom. The second-order valence-electron chi connectivity index (χ2n) is 4.33. The molecular weight excluding hydrogens is 218 g/mol. The van der Waals surface area contributed by atoms with Crippen LogP contribution in [-0.4, -0.2) is 29.4 Å². The first-order chi connectivity index (χ1) is 8.00. The highest BCUT2D eigenvalue weighted by Crippen LogP contribution is 2.24. The predicted octanol–water partition coefficient (Wildman–Crippen LogP) is 1.45. The topological polar surface area (TPSA) is 66.6 Å². The summed E-state index contributed by atoms with van der Waals surface area (Å²) >= 11 is 0. The summed E-state index contributed by atoms with van der Waals surface area (Å²) in [6, 6.07) is 6.50. The van der Waals surface area contributed by atoms with Gasteiger partial charge in [0.15, 0.2) is 0 Å². The number of anilines is 2. The average molecular weight is 233 g/mol. The van der Waals surface area contributed by atoms with Crippen LogP contribution in [0, 0.1) is 0 Å². The molecule has 0 aromatic heterocycles. The van der Waals surface area contributed by atoms with Crippen LogP contribution in [0.25, 0.3) is 0 Å². The molecule has 0 unspecified atom stereocenters. The second kappa shape index (κ2) is 4.08. The summed E-state index contributed by atoms with van der Waals surface area (Å²) in [6.45, 7) is 3.90. The largest absolute Gasteiger partial charge is 0.399 e. The molecule has 1 saturated heterocycles. The van der Waals surface area contributed by atoms with Crippen molar-refractivity contribution in [3.05, 3.63) is 24.3 Å². The minimum atomic E-state index is -0.282. The molecule has 0 radical (unpaired) electrons. The van der Waals surface area contributed by atoms with Gasteiger partial charge >= 0.3 is 6.03 Å². The maximum atomic E-state index is 12.1. The lowest BCUT2D eigenvalue weighted by molar-refractivity contribution is -0.116. The number of carbonyl (C=O) groups is 2. The molecule has 0 aliphatic carbocycles. The number of nitrogen functional groups attached to an aromatic ring is 1. The van der Waals surface area contributed by atoms with Crippen molar-refractivity contribution >= 4 is 23.3 Å². The zero-order valence-electron chi connectivity index (χ0n) is 9.88. The summed E-state index contributed by atoms with van der Waals surface area (Å²) in [4.78, 5) is 26.6. The normalized spacial score (nSPS) is 16.2. The molecule has 1 aromatic rings. The number of nitrogens with zero attached hydrogens (tertiary/aromatic N) is 2. The third-order valence-corrected chi connectivity index (χ3v) is 2.74. The first-order valence-corrected chi connectivity index (χ1v) is 5.50. The number of imide groups is 1. The number of rotatable bonds is 2. The van der Waals surface area contributed by atoms with Crippen LogP contribution in [0.15, 0.2) is 24.3 Å². The molecule has 1 aromatic carbocycles. The van der Waals surface area contributed by atoms with Crippen LogP contribution in [0.1, 0.15) is 13.8 Å². The van der Waals surface area contributed by atoms with E-state index in [4.69, 9.17) is 5.73 Å². The quantitative estimate of drug-likeness (QED) is 0.621. The van der Waals surface area contributed by atoms with Gasteiger partial charge in [0, 0.05) is 11.7 Å². The fraction of sp³-hybridized carbons (Fsp3) is 0.333. The van der Waals surface area contributed by atoms with Gasteiger partial charge in [-0.2, -0.15) is 0 Å². The molecule has 17 heavy (non-hydrogen) atoms. The highest BCUT2D eigenvalue weighted by molar-refractivity contribution is 6.20. The third kappa shape index (κ3) is 1.95. The summed E-state index contributed by atoms with van der Waals surface area (Å²) in [7, 11) is 0. The van der Waals surface area contributed by atoms with Gasteiger partial charge in [0.25, 0.3) is 5.91 Å². The Balaban J connectivity index is 2.34. The van der Waals surface area contributed by atoms with Gasteiger partial charge in [-0.1, -0.05) is 6.07 Å². The first kappa shape index (κ1) is 11.4. The number of hydrogen-bond acceptors (Lipinski definition) is 3. The highest BCUT2D eigenvalue weighted by Gasteiger charge is 2.38. The van der Waals surface area contributed by atoms with E-state index in [0.717, 1.165) is 0 Å². The van der Waals surface area contributed by atoms with Crippen LogP contribution in [0.4, 0.5) is 16.2 Å². The van der Waals surface area contributed by atoms with E-state index in [1.807, 2.05) is 13.8 Å². The average Bonchev–Trinajstić information content (AvgIpc) is 2.54. The van der Waals surface area contributed by atoms with E-state index in [-0.39, 0.29) is 24.5 Å². The first-order valence-electron chi connectivity index (χ1n) is 5.50. The van der Waals surface area contributed by atoms with Crippen LogP contribution in [0.2, 0.25) is 0 Å². The van der Waals surface area contributed by atoms with Gasteiger partial charge < -0.3 is 10.6 Å². The smallest absolute Gasteiger partial charge is 0.332 e. The molecule has 0 bridgehead atoms. The molecule has 90 valence electrons. The van der Waals surface area contributed by atoms with Crippen LogP contribution < -0.4 is 10.6 Å². The molecule has 1 fully saturated rings. The van der Waals surface area contributed by atoms with Crippen LogP contribution >= 0.6 is 0 Å². The zero-order chi connectivity index (χ0) is 12.6. The van der Waals surface area contributed by atoms with Crippen LogP contribution in [0.3, 0.4) is 0 Å². The maximum absolute atomic E-state index is 12.1. The summed E-state index contributed by atoms with van der Waals surface area (Å²) < 4.78 is 0. The number of benzene rings is 1. The Morgan fingerprint density at radius 2 is 2.00 bits per heavy atom. The van der Waals surface area contributed by atoms with E-state index in [2.05, 4.69) is 0 Å². The van der Waals surface area contributed by atoms with Gasteiger partial charge in [-0.3, -0.25) is 4.79 Å². The van der Waals surface area contributed by atoms with Gasteiger partial charge in [-0.15, -0.1) is 0 Å². The van der Waals surface area contributed by atoms with E-state index < -0.39 is 0 Å². The number of nitrogens with two attached hydrogens (primary N) is 1. The van der Waals surface area contributed by atoms with Crippen molar-refractivity contribution in [3.8, 4) is 0 Å². The SMILES string of the molecule is CC(C)N1CC(=O)N(c2cccc(N)c2)C1=O. The molecule has 1 heterocycles. The maximum Gasteiger partial charge on any atom is 0.332 e. The van der Waals surface area contributed by atoms with E-state index in [1.54, 1.807) is 24.3 Å². The Labute approximate surface area is 99.8 Å². The zero-order valence-corrected chi connectivity index (χ0v) is 9.88. The minimum absolute atomic E-state index is 0.0116. The van der Waals surface area contributed by atoms with Crippen LogP contribution in [-0.2, 0) is 4.79 Å². The number of amides is 3. The Hall–Kier alpha value is -2.04. The standard InChI is InChI=1S/C12H15N3O2/c1-8(2)14-7-11(16)15(12(14)17)10-5-3-4-9(13)6-10/h3-6,8H,7,13H2,1-2H3. The fourth-order valence-electron chi connectivity index (χ4n) is 1.84. The van der Waals surface area contributed by atoms with Crippen LogP contribution in [0.5, 0.6) is 0 Å². The van der Waals surface area contributed by atoms with Crippen molar-refractivity contribution < 1.29 is 9.59 Å². The summed E-state index contributed by atoms with van der Waals surface area (Å²) in [5.74, 6) is -0.214. The highest BCUT2D eigenvalue weighted by atomic mass is 16.2. The van der Waals surface area contributed by atoms with Crippen molar-refractivity contribution in [2.75, 3.05) is 17.2 Å². The summed E-state index contributed by atoms with van der Waals surface area (Å²) in [5, 5.41) is 0. The molecule has 0 atom stereocenters. The van der Waals surface area contributed by atoms with Gasteiger partial charge in [-0.05, 0) is 32.0 Å². The summed E-state index contributed by atoms with van der Waals surface area (Å²) in [5.41, 5.74) is 6.71. The van der Waals surface area contributed by atoms with E-state index >= 15 is 0 Å². The van der Waals surface area contributed by atoms with Crippen molar-refractivity contribution in [2.45, 2.75) is 19.9 Å². The molecule has 5 heteroatoms. The number of urea groups is 1. The van der Waals surface area contributed by atoms with Crippen molar-refractivity contribution in [1.29, 1.82) is 0 Å². The second-order valence-corrected chi connectivity index (χ2v) is 4.33. The molecule has 1 aliphatic heterocycles. The minimum Gasteiger partial charge on any atom is -0.399 e. The Morgan fingerprint density at radius 3 is 2.53 bits per heavy atom. The van der Waals surface area contributed by atoms with Gasteiger partial charge in [-0.25, -0.2) is 9.69 Å². The molecule has 5 nitrogen and oxygen atoms in total. The number of carbonyl (C=O) groups excluding carboxylic acids is 2.